The number of carbonyl (C=O) groups is 2. The van der Waals surface area contributed by atoms with Crippen molar-refractivity contribution < 1.29 is 27.5 Å². The lowest BCUT2D eigenvalue weighted by Gasteiger charge is -2.30. The van der Waals surface area contributed by atoms with Crippen LogP contribution in [0.25, 0.3) is 0 Å². The fraction of sp³-hybridized carbons (Fsp3) is 0.500. The van der Waals surface area contributed by atoms with Gasteiger partial charge in [-0.1, -0.05) is 0 Å². The smallest absolute Gasteiger partial charge is 0.422 e. The van der Waals surface area contributed by atoms with E-state index in [1.54, 1.807) is 11.8 Å². The number of piperidine rings is 1. The normalized spacial score (nSPS) is 15.8. The third kappa shape index (κ3) is 6.15. The van der Waals surface area contributed by atoms with Crippen molar-refractivity contribution in [2.24, 2.45) is 5.92 Å². The van der Waals surface area contributed by atoms with Gasteiger partial charge in [-0.05, 0) is 43.4 Å². The number of hydrogen-bond donors (Lipinski definition) is 1. The second-order valence-electron chi connectivity index (χ2n) is 5.65. The minimum Gasteiger partial charge on any atom is -0.440 e. The minimum absolute atomic E-state index is 0.153. The SMILES string of the molecule is CSc1ccc(NC(=O)C2CCN(C(=O)OCC(F)(F)F)CC2)cc1. The van der Waals surface area contributed by atoms with Crippen LogP contribution >= 0.6 is 11.8 Å². The summed E-state index contributed by atoms with van der Waals surface area (Å²) in [4.78, 5) is 26.1. The van der Waals surface area contributed by atoms with Gasteiger partial charge in [0.25, 0.3) is 0 Å². The van der Waals surface area contributed by atoms with E-state index in [1.165, 1.54) is 4.90 Å². The molecule has 0 aromatic heterocycles. The highest BCUT2D eigenvalue weighted by molar-refractivity contribution is 7.98. The number of nitrogens with one attached hydrogen (secondary N) is 1. The van der Waals surface area contributed by atoms with Crippen LogP contribution in [-0.2, 0) is 9.53 Å². The number of hydrogen-bond acceptors (Lipinski definition) is 4. The maximum Gasteiger partial charge on any atom is 0.422 e. The van der Waals surface area contributed by atoms with E-state index in [1.807, 2.05) is 30.5 Å². The van der Waals surface area contributed by atoms with Gasteiger partial charge in [0.05, 0.1) is 0 Å². The number of alkyl halides is 3. The molecule has 0 spiro atoms. The molecule has 0 atom stereocenters. The summed E-state index contributed by atoms with van der Waals surface area (Å²) in [6.07, 6.45) is -2.81. The first kappa shape index (κ1) is 19.4. The summed E-state index contributed by atoms with van der Waals surface area (Å²) in [6.45, 7) is -1.21. The van der Waals surface area contributed by atoms with Crippen LogP contribution in [0.3, 0.4) is 0 Å². The van der Waals surface area contributed by atoms with E-state index in [2.05, 4.69) is 10.1 Å². The summed E-state index contributed by atoms with van der Waals surface area (Å²) >= 11 is 1.60. The first-order chi connectivity index (χ1) is 11.8. The predicted molar refractivity (Wildman–Crippen MR) is 88.6 cm³/mol. The second-order valence-corrected chi connectivity index (χ2v) is 6.53. The largest absolute Gasteiger partial charge is 0.440 e. The quantitative estimate of drug-likeness (QED) is 0.813. The lowest BCUT2D eigenvalue weighted by Crippen LogP contribution is -2.42. The van der Waals surface area contributed by atoms with Gasteiger partial charge in [0.15, 0.2) is 6.61 Å². The van der Waals surface area contributed by atoms with E-state index in [4.69, 9.17) is 0 Å². The number of halogens is 3. The Kier molecular flexibility index (Phi) is 6.57. The number of ether oxygens (including phenoxy) is 1. The molecule has 1 aromatic rings. The Bertz CT molecular complexity index is 600. The topological polar surface area (TPSA) is 58.6 Å². The Morgan fingerprint density at radius 3 is 2.36 bits per heavy atom. The first-order valence-corrected chi connectivity index (χ1v) is 8.94. The van der Waals surface area contributed by atoms with E-state index in [0.29, 0.717) is 18.5 Å². The van der Waals surface area contributed by atoms with E-state index in [-0.39, 0.29) is 24.9 Å². The maximum absolute atomic E-state index is 12.3. The molecule has 25 heavy (non-hydrogen) atoms. The summed E-state index contributed by atoms with van der Waals surface area (Å²) in [6, 6.07) is 7.43. The van der Waals surface area contributed by atoms with E-state index in [9.17, 15) is 22.8 Å². The van der Waals surface area contributed by atoms with Crippen LogP contribution in [0.2, 0.25) is 0 Å². The highest BCUT2D eigenvalue weighted by atomic mass is 32.2. The fourth-order valence-corrected chi connectivity index (χ4v) is 2.89. The molecule has 1 fully saturated rings. The van der Waals surface area contributed by atoms with Crippen molar-refractivity contribution in [1.29, 1.82) is 0 Å². The first-order valence-electron chi connectivity index (χ1n) is 7.72. The third-order valence-electron chi connectivity index (χ3n) is 3.84. The van der Waals surface area contributed by atoms with Crippen LogP contribution in [0.1, 0.15) is 12.8 Å². The summed E-state index contributed by atoms with van der Waals surface area (Å²) in [5.74, 6) is -0.438. The highest BCUT2D eigenvalue weighted by Gasteiger charge is 2.32. The van der Waals surface area contributed by atoms with Crippen molar-refractivity contribution in [3.63, 3.8) is 0 Å². The second kappa shape index (κ2) is 8.46. The van der Waals surface area contributed by atoms with Gasteiger partial charge in [-0.15, -0.1) is 11.8 Å². The van der Waals surface area contributed by atoms with Gasteiger partial charge in [-0.25, -0.2) is 4.79 Å². The van der Waals surface area contributed by atoms with Gasteiger partial charge in [-0.2, -0.15) is 13.2 Å². The molecule has 138 valence electrons. The molecule has 1 heterocycles. The van der Waals surface area contributed by atoms with Crippen LogP contribution in [0.15, 0.2) is 29.2 Å². The molecule has 1 aliphatic heterocycles. The number of benzene rings is 1. The Morgan fingerprint density at radius 2 is 1.84 bits per heavy atom. The molecule has 5 nitrogen and oxygen atoms in total. The molecule has 1 aliphatic rings. The Balaban J connectivity index is 1.78. The lowest BCUT2D eigenvalue weighted by atomic mass is 9.96. The monoisotopic (exact) mass is 376 g/mol. The standard InChI is InChI=1S/C16H19F3N2O3S/c1-25-13-4-2-12(3-5-13)20-14(22)11-6-8-21(9-7-11)15(23)24-10-16(17,18)19/h2-5,11H,6-10H2,1H3,(H,20,22). The molecular formula is C16H19F3N2O3S. The van der Waals surface area contributed by atoms with Crippen molar-refractivity contribution in [3.8, 4) is 0 Å². The zero-order chi connectivity index (χ0) is 18.4. The molecule has 0 saturated carbocycles. The van der Waals surface area contributed by atoms with Crippen molar-refractivity contribution in [2.45, 2.75) is 23.9 Å². The van der Waals surface area contributed by atoms with Crippen LogP contribution in [-0.4, -0.2) is 49.0 Å². The molecule has 0 aliphatic carbocycles. The molecule has 0 unspecified atom stereocenters. The number of amides is 2. The van der Waals surface area contributed by atoms with Gasteiger partial charge in [0.1, 0.15) is 0 Å². The molecule has 9 heteroatoms. The molecule has 2 rings (SSSR count). The van der Waals surface area contributed by atoms with Crippen LogP contribution in [0.4, 0.5) is 23.7 Å². The number of thioether (sulfide) groups is 1. The molecule has 1 aromatic carbocycles. The van der Waals surface area contributed by atoms with E-state index >= 15 is 0 Å². The highest BCUT2D eigenvalue weighted by Crippen LogP contribution is 2.22. The van der Waals surface area contributed by atoms with Crippen LogP contribution in [0, 0.1) is 5.92 Å². The van der Waals surface area contributed by atoms with Gasteiger partial charge in [0, 0.05) is 29.6 Å². The molecular weight excluding hydrogens is 357 g/mol. The predicted octanol–water partition coefficient (Wildman–Crippen LogP) is 3.76. The van der Waals surface area contributed by atoms with Gasteiger partial charge in [0.2, 0.25) is 5.91 Å². The minimum atomic E-state index is -4.54. The molecule has 2 amide bonds. The number of carbonyl (C=O) groups excluding carboxylic acids is 2. The summed E-state index contributed by atoms with van der Waals surface area (Å²) in [7, 11) is 0. The Morgan fingerprint density at radius 1 is 1.24 bits per heavy atom. The van der Waals surface area contributed by atoms with Crippen molar-refractivity contribution in [3.05, 3.63) is 24.3 Å². The van der Waals surface area contributed by atoms with Gasteiger partial charge in [-0.3, -0.25) is 4.79 Å². The maximum atomic E-state index is 12.3. The average molecular weight is 376 g/mol. The lowest BCUT2D eigenvalue weighted by molar-refractivity contribution is -0.162. The molecule has 0 bridgehead atoms. The summed E-state index contributed by atoms with van der Waals surface area (Å²) in [5.41, 5.74) is 0.690. The zero-order valence-electron chi connectivity index (χ0n) is 13.6. The third-order valence-corrected chi connectivity index (χ3v) is 4.58. The van der Waals surface area contributed by atoms with E-state index in [0.717, 1.165) is 4.90 Å². The number of likely N-dealkylation sites (tertiary alicyclic amines) is 1. The molecule has 1 saturated heterocycles. The molecule has 1 N–H and O–H groups in total. The number of nitrogens with zero attached hydrogens (tertiary/aromatic N) is 1. The van der Waals surface area contributed by atoms with E-state index < -0.39 is 18.9 Å². The van der Waals surface area contributed by atoms with Gasteiger partial charge < -0.3 is 15.0 Å². The van der Waals surface area contributed by atoms with Crippen LogP contribution in [0.5, 0.6) is 0 Å². The Hall–Kier alpha value is -1.90. The van der Waals surface area contributed by atoms with Crippen molar-refractivity contribution in [2.75, 3.05) is 31.3 Å². The van der Waals surface area contributed by atoms with Crippen molar-refractivity contribution in [1.82, 2.24) is 4.90 Å². The summed E-state index contributed by atoms with van der Waals surface area (Å²) in [5, 5.41) is 2.82. The van der Waals surface area contributed by atoms with Crippen molar-refractivity contribution >= 4 is 29.4 Å². The number of rotatable bonds is 4. The zero-order valence-corrected chi connectivity index (χ0v) is 14.5. The Labute approximate surface area is 147 Å². The average Bonchev–Trinajstić information content (AvgIpc) is 2.60. The van der Waals surface area contributed by atoms with Gasteiger partial charge >= 0.3 is 12.3 Å². The van der Waals surface area contributed by atoms with Crippen LogP contribution < -0.4 is 5.32 Å². The summed E-state index contributed by atoms with van der Waals surface area (Å²) < 4.78 is 40.4. The molecule has 0 radical (unpaired) electrons. The fourth-order valence-electron chi connectivity index (χ4n) is 2.48. The number of anilines is 1.